The number of morpholine rings is 1. The molecule has 2 N–H and O–H groups in total. The van der Waals surface area contributed by atoms with Gasteiger partial charge in [0.1, 0.15) is 0 Å². The van der Waals surface area contributed by atoms with Gasteiger partial charge < -0.3 is 25.2 Å². The standard InChI is InChI=1S/C9H19N.C8H16N2.C8H17N.C7H16N2.C7H15NO.C7H15NS/c1-9(2)10-7-5-3-4-6-8-10;1-6(2)10-5-7-3-8(10)4-9-7;1-8(2)9-6-4-3-5-7-9;1-7(2)9-5-3-8-4-6-9;2*1-7(2)8-3-5-9-6-4-8/h9H,3-8H2,1-2H3;6-9H,3-5H2,1-2H3;8H,3-7H2,1-2H3;7-8H,3-6H2,1-2H3;2*7H,3-6H2,1-2H3. The fourth-order valence-electron chi connectivity index (χ4n) is 8.66. The zero-order chi connectivity index (χ0) is 41.3. The highest BCUT2D eigenvalue weighted by Crippen LogP contribution is 2.24. The van der Waals surface area contributed by atoms with Gasteiger partial charge in [0, 0.05) is 125 Å². The van der Waals surface area contributed by atoms with E-state index in [9.17, 15) is 0 Å². The first-order chi connectivity index (χ1) is 26.8. The predicted molar refractivity (Wildman–Crippen MR) is 249 cm³/mol. The quantitative estimate of drug-likeness (QED) is 0.292. The van der Waals surface area contributed by atoms with Gasteiger partial charge in [0.2, 0.25) is 0 Å². The lowest BCUT2D eigenvalue weighted by Crippen LogP contribution is -2.46. The number of piperazine rings is 2. The van der Waals surface area contributed by atoms with Crippen molar-refractivity contribution in [3.05, 3.63) is 0 Å². The summed E-state index contributed by atoms with van der Waals surface area (Å²) in [6.07, 6.45) is 11.4. The van der Waals surface area contributed by atoms with Crippen LogP contribution in [-0.4, -0.2) is 194 Å². The molecule has 0 spiro atoms. The van der Waals surface area contributed by atoms with Crippen LogP contribution in [0.4, 0.5) is 0 Å². The molecule has 2 atom stereocenters. The highest BCUT2D eigenvalue weighted by atomic mass is 32.2. The molecule has 0 aromatic rings. The van der Waals surface area contributed by atoms with E-state index in [0.717, 1.165) is 81.7 Å². The Labute approximate surface area is 354 Å². The van der Waals surface area contributed by atoms with Gasteiger partial charge in [-0.25, -0.2) is 0 Å². The molecule has 0 aromatic carbocycles. The fraction of sp³-hybridized carbons (Fsp3) is 1.00. The van der Waals surface area contributed by atoms with Gasteiger partial charge in [-0.1, -0.05) is 19.3 Å². The van der Waals surface area contributed by atoms with Gasteiger partial charge in [-0.3, -0.25) is 19.6 Å². The van der Waals surface area contributed by atoms with E-state index in [-0.39, 0.29) is 0 Å². The monoisotopic (exact) mass is 811 g/mol. The van der Waals surface area contributed by atoms with Crippen molar-refractivity contribution in [2.75, 3.05) is 116 Å². The summed E-state index contributed by atoms with van der Waals surface area (Å²) in [5.41, 5.74) is 0. The maximum absolute atomic E-state index is 5.21. The first-order valence-electron chi connectivity index (χ1n) is 23.9. The molecular formula is C46H98N8OS. The Morgan fingerprint density at radius 3 is 1.16 bits per heavy atom. The second kappa shape index (κ2) is 30.9. The Bertz CT molecular complexity index is 804. The van der Waals surface area contributed by atoms with Gasteiger partial charge in [0.05, 0.1) is 13.2 Å². The number of nitrogens with zero attached hydrogens (tertiary/aromatic N) is 6. The van der Waals surface area contributed by atoms with E-state index < -0.39 is 0 Å². The zero-order valence-corrected chi connectivity index (χ0v) is 40.3. The smallest absolute Gasteiger partial charge is 0.0594 e. The second-order valence-electron chi connectivity index (χ2n) is 18.9. The van der Waals surface area contributed by atoms with E-state index in [1.165, 1.54) is 128 Å². The molecule has 7 fully saturated rings. The lowest BCUT2D eigenvalue weighted by Gasteiger charge is -2.30. The van der Waals surface area contributed by atoms with E-state index in [1.807, 2.05) is 0 Å². The summed E-state index contributed by atoms with van der Waals surface area (Å²) in [5.74, 6) is 2.66. The average Bonchev–Trinajstić information content (AvgIpc) is 3.75. The van der Waals surface area contributed by atoms with Crippen molar-refractivity contribution in [2.45, 2.75) is 183 Å². The van der Waals surface area contributed by atoms with E-state index in [4.69, 9.17) is 4.74 Å². The van der Waals surface area contributed by atoms with Crippen molar-refractivity contribution in [2.24, 2.45) is 0 Å². The van der Waals surface area contributed by atoms with Crippen LogP contribution in [0.5, 0.6) is 0 Å². The van der Waals surface area contributed by atoms with E-state index in [2.05, 4.69) is 135 Å². The maximum atomic E-state index is 5.21. The Kier molecular flexibility index (Phi) is 28.8. The van der Waals surface area contributed by atoms with Crippen molar-refractivity contribution >= 4 is 11.8 Å². The number of thioether (sulfide) groups is 1. The molecule has 56 heavy (non-hydrogen) atoms. The first-order valence-corrected chi connectivity index (χ1v) is 25.0. The largest absolute Gasteiger partial charge is 0.379 e. The number of hydrogen-bond acceptors (Lipinski definition) is 10. The van der Waals surface area contributed by atoms with Crippen molar-refractivity contribution < 1.29 is 4.74 Å². The minimum Gasteiger partial charge on any atom is -0.379 e. The van der Waals surface area contributed by atoms with E-state index in [0.29, 0.717) is 6.04 Å². The van der Waals surface area contributed by atoms with Gasteiger partial charge in [0.25, 0.3) is 0 Å². The van der Waals surface area contributed by atoms with Crippen LogP contribution in [0, 0.1) is 0 Å². The van der Waals surface area contributed by atoms with Crippen molar-refractivity contribution in [3.8, 4) is 0 Å². The Hall–Kier alpha value is -0.0100. The summed E-state index contributed by atoms with van der Waals surface area (Å²) < 4.78 is 5.21. The van der Waals surface area contributed by atoms with Crippen LogP contribution in [0.1, 0.15) is 134 Å². The lowest BCUT2D eigenvalue weighted by atomic mass is 10.1. The highest BCUT2D eigenvalue weighted by Gasteiger charge is 2.38. The minimum absolute atomic E-state index is 0.689. The third kappa shape index (κ3) is 22.6. The van der Waals surface area contributed by atoms with Crippen LogP contribution < -0.4 is 10.6 Å². The molecule has 7 rings (SSSR count). The van der Waals surface area contributed by atoms with Gasteiger partial charge in [-0.2, -0.15) is 11.8 Å². The maximum Gasteiger partial charge on any atom is 0.0594 e. The minimum atomic E-state index is 0.689. The second-order valence-corrected chi connectivity index (χ2v) is 20.1. The number of ether oxygens (including phenoxy) is 1. The Balaban J connectivity index is 0.000000232. The summed E-state index contributed by atoms with van der Waals surface area (Å²) in [5, 5.41) is 6.83. The molecule has 0 saturated carbocycles. The molecule has 7 heterocycles. The molecule has 334 valence electrons. The van der Waals surface area contributed by atoms with Crippen LogP contribution in [0.25, 0.3) is 0 Å². The molecule has 0 radical (unpaired) electrons. The number of piperidine rings is 1. The molecule has 0 aromatic heterocycles. The third-order valence-electron chi connectivity index (χ3n) is 12.7. The van der Waals surface area contributed by atoms with Crippen LogP contribution in [0.3, 0.4) is 0 Å². The molecule has 0 aliphatic carbocycles. The van der Waals surface area contributed by atoms with Crippen LogP contribution >= 0.6 is 11.8 Å². The Morgan fingerprint density at radius 2 is 0.857 bits per heavy atom. The molecule has 7 aliphatic rings. The molecule has 10 heteroatoms. The molecule has 2 bridgehead atoms. The number of fused-ring (bicyclic) bond motifs is 2. The summed E-state index contributed by atoms with van der Waals surface area (Å²) in [6, 6.07) is 6.12. The third-order valence-corrected chi connectivity index (χ3v) is 13.6. The number of hydrogen-bond donors (Lipinski definition) is 2. The summed E-state index contributed by atoms with van der Waals surface area (Å²) in [7, 11) is 0. The van der Waals surface area contributed by atoms with Crippen LogP contribution in [0.15, 0.2) is 0 Å². The molecule has 7 saturated heterocycles. The highest BCUT2D eigenvalue weighted by molar-refractivity contribution is 7.99. The van der Waals surface area contributed by atoms with E-state index >= 15 is 0 Å². The Morgan fingerprint density at radius 1 is 0.464 bits per heavy atom. The fourth-order valence-corrected chi connectivity index (χ4v) is 9.59. The van der Waals surface area contributed by atoms with Gasteiger partial charge >= 0.3 is 0 Å². The molecule has 7 aliphatic heterocycles. The predicted octanol–water partition coefficient (Wildman–Crippen LogP) is 7.06. The first kappa shape index (κ1) is 52.1. The number of nitrogens with one attached hydrogen (secondary N) is 2. The molecule has 2 unspecified atom stereocenters. The topological polar surface area (TPSA) is 52.7 Å². The normalized spacial score (nSPS) is 26.0. The molecular weight excluding hydrogens is 713 g/mol. The summed E-state index contributed by atoms with van der Waals surface area (Å²) >= 11 is 2.07. The summed E-state index contributed by atoms with van der Waals surface area (Å²) in [4.78, 5) is 15.2. The lowest BCUT2D eigenvalue weighted by molar-refractivity contribution is 0.0238. The van der Waals surface area contributed by atoms with Gasteiger partial charge in [0.15, 0.2) is 0 Å². The SMILES string of the molecule is CC(C)N1CC2CC1CN2.CC(C)N1CCCCC1.CC(C)N1CCCCCC1.CC(C)N1CCNCC1.CC(C)N1CCOCC1.CC(C)N1CCSCC1. The van der Waals surface area contributed by atoms with Crippen molar-refractivity contribution in [1.29, 1.82) is 0 Å². The zero-order valence-electron chi connectivity index (χ0n) is 39.5. The number of rotatable bonds is 6. The van der Waals surface area contributed by atoms with Crippen molar-refractivity contribution in [1.82, 2.24) is 40.0 Å². The van der Waals surface area contributed by atoms with Crippen LogP contribution in [0.2, 0.25) is 0 Å². The van der Waals surface area contributed by atoms with Gasteiger partial charge in [-0.15, -0.1) is 0 Å². The average molecular weight is 811 g/mol. The van der Waals surface area contributed by atoms with Gasteiger partial charge in [-0.05, 0) is 141 Å². The van der Waals surface area contributed by atoms with E-state index in [1.54, 1.807) is 0 Å². The summed E-state index contributed by atoms with van der Waals surface area (Å²) in [6.45, 7) is 46.5. The number of likely N-dealkylation sites (tertiary alicyclic amines) is 3. The molecule has 0 amide bonds. The molecule has 9 nitrogen and oxygen atoms in total. The van der Waals surface area contributed by atoms with Crippen LogP contribution in [-0.2, 0) is 4.74 Å². The van der Waals surface area contributed by atoms with Crippen molar-refractivity contribution in [3.63, 3.8) is 0 Å².